The van der Waals surface area contributed by atoms with Crippen molar-refractivity contribution < 1.29 is 8.42 Å². The van der Waals surface area contributed by atoms with Crippen molar-refractivity contribution in [3.05, 3.63) is 18.2 Å². The third kappa shape index (κ3) is 3.88. The predicted octanol–water partition coefficient (Wildman–Crippen LogP) is 0.909. The lowest BCUT2D eigenvalue weighted by atomic mass is 10.2. The molecule has 23 heavy (non-hydrogen) atoms. The van der Waals surface area contributed by atoms with Crippen molar-refractivity contribution in [2.75, 3.05) is 32.7 Å². The Bertz CT molecular complexity index is 598. The Hall–Kier alpha value is -0.670. The number of nitrogens with zero attached hydrogens (tertiary/aromatic N) is 4. The molecule has 0 bridgehead atoms. The molecule has 0 aliphatic carbocycles. The quantitative estimate of drug-likeness (QED) is 0.866. The fourth-order valence-electron chi connectivity index (χ4n) is 3.30. The monoisotopic (exact) mass is 363 g/mol. The van der Waals surface area contributed by atoms with Crippen LogP contribution in [0.3, 0.4) is 0 Å². The van der Waals surface area contributed by atoms with Gasteiger partial charge in [0.25, 0.3) is 10.2 Å². The van der Waals surface area contributed by atoms with Gasteiger partial charge in [0.1, 0.15) is 5.82 Å². The van der Waals surface area contributed by atoms with Crippen LogP contribution in [0.1, 0.15) is 37.5 Å². The smallest absolute Gasteiger partial charge is 0.282 e. The first kappa shape index (κ1) is 18.7. The summed E-state index contributed by atoms with van der Waals surface area (Å²) in [6.07, 6.45) is 7.74. The molecule has 1 aromatic rings. The molecule has 0 amide bonds. The second kappa shape index (κ2) is 7.94. The Morgan fingerprint density at radius 1 is 1.17 bits per heavy atom. The van der Waals surface area contributed by atoms with E-state index in [4.69, 9.17) is 0 Å². The second-order valence-corrected chi connectivity index (χ2v) is 7.93. The van der Waals surface area contributed by atoms with Crippen LogP contribution in [0.5, 0.6) is 0 Å². The molecule has 3 rings (SSSR count). The largest absolute Gasteiger partial charge is 0.337 e. The Kier molecular flexibility index (Phi) is 6.44. The van der Waals surface area contributed by atoms with Crippen LogP contribution in [0, 0.1) is 0 Å². The van der Waals surface area contributed by atoms with Crippen LogP contribution in [0.15, 0.2) is 12.4 Å². The molecule has 2 aliphatic heterocycles. The second-order valence-electron chi connectivity index (χ2n) is 6.05. The average molecular weight is 364 g/mol. The number of hydrogen-bond acceptors (Lipinski definition) is 4. The van der Waals surface area contributed by atoms with Crippen LogP contribution >= 0.6 is 12.4 Å². The Morgan fingerprint density at radius 3 is 2.48 bits per heavy atom. The van der Waals surface area contributed by atoms with Gasteiger partial charge < -0.3 is 9.88 Å². The van der Waals surface area contributed by atoms with Crippen LogP contribution in [0.25, 0.3) is 0 Å². The summed E-state index contributed by atoms with van der Waals surface area (Å²) < 4.78 is 31.4. The van der Waals surface area contributed by atoms with Crippen molar-refractivity contribution in [3.8, 4) is 0 Å². The summed E-state index contributed by atoms with van der Waals surface area (Å²) in [6, 6.07) is -0.234. The summed E-state index contributed by atoms with van der Waals surface area (Å²) in [6.45, 7) is 3.07. The van der Waals surface area contributed by atoms with Crippen molar-refractivity contribution in [1.82, 2.24) is 23.5 Å². The zero-order valence-electron chi connectivity index (χ0n) is 13.5. The van der Waals surface area contributed by atoms with Gasteiger partial charge in [-0.2, -0.15) is 17.0 Å². The first-order chi connectivity index (χ1) is 10.6. The number of hydrogen-bond donors (Lipinski definition) is 1. The maximum atomic E-state index is 13.1. The zero-order chi connectivity index (χ0) is 15.6. The molecule has 132 valence electrons. The molecule has 0 radical (unpaired) electrons. The van der Waals surface area contributed by atoms with E-state index in [2.05, 4.69) is 10.3 Å². The maximum absolute atomic E-state index is 13.1. The summed E-state index contributed by atoms with van der Waals surface area (Å²) in [5, 5.41) is 3.29. The molecule has 1 unspecified atom stereocenters. The fourth-order valence-corrected chi connectivity index (χ4v) is 5.13. The van der Waals surface area contributed by atoms with Crippen LogP contribution in [-0.4, -0.2) is 59.3 Å². The van der Waals surface area contributed by atoms with Gasteiger partial charge in [0.05, 0.1) is 6.04 Å². The van der Waals surface area contributed by atoms with Crippen molar-refractivity contribution in [1.29, 1.82) is 0 Å². The van der Waals surface area contributed by atoms with E-state index in [1.54, 1.807) is 14.8 Å². The molecule has 0 aromatic carbocycles. The number of halogens is 1. The van der Waals surface area contributed by atoms with E-state index < -0.39 is 10.2 Å². The number of piperazine rings is 1. The molecule has 9 heteroatoms. The number of nitrogens with one attached hydrogen (secondary N) is 1. The van der Waals surface area contributed by atoms with Crippen molar-refractivity contribution in [2.45, 2.75) is 31.7 Å². The van der Waals surface area contributed by atoms with E-state index in [1.165, 1.54) is 0 Å². The molecule has 2 saturated heterocycles. The lowest BCUT2D eigenvalue weighted by molar-refractivity contribution is 0.236. The van der Waals surface area contributed by atoms with Crippen molar-refractivity contribution >= 4 is 22.6 Å². The Labute approximate surface area is 144 Å². The van der Waals surface area contributed by atoms with Gasteiger partial charge in [0.2, 0.25) is 0 Å². The molecular formula is C14H26ClN5O2S. The Morgan fingerprint density at radius 2 is 1.87 bits per heavy atom. The lowest BCUT2D eigenvalue weighted by Crippen LogP contribution is -2.54. The molecule has 3 heterocycles. The minimum atomic E-state index is -3.43. The minimum Gasteiger partial charge on any atom is -0.337 e. The molecule has 1 aromatic heterocycles. The first-order valence-corrected chi connectivity index (χ1v) is 9.45. The molecule has 2 fully saturated rings. The topological polar surface area (TPSA) is 70.5 Å². The van der Waals surface area contributed by atoms with E-state index >= 15 is 0 Å². The van der Waals surface area contributed by atoms with Gasteiger partial charge in [-0.15, -0.1) is 12.4 Å². The summed E-state index contributed by atoms with van der Waals surface area (Å²) in [4.78, 5) is 4.37. The van der Waals surface area contributed by atoms with E-state index in [-0.39, 0.29) is 18.4 Å². The molecular weight excluding hydrogens is 338 g/mol. The third-order valence-electron chi connectivity index (χ3n) is 4.54. The fraction of sp³-hybridized carbons (Fsp3) is 0.786. The van der Waals surface area contributed by atoms with Gasteiger partial charge >= 0.3 is 0 Å². The lowest BCUT2D eigenvalue weighted by Gasteiger charge is -2.37. The average Bonchev–Trinajstić information content (AvgIpc) is 2.77. The van der Waals surface area contributed by atoms with Crippen LogP contribution in [0.4, 0.5) is 0 Å². The Balaban J connectivity index is 0.00000192. The summed E-state index contributed by atoms with van der Waals surface area (Å²) in [7, 11) is -1.52. The van der Waals surface area contributed by atoms with Crippen LogP contribution < -0.4 is 5.32 Å². The number of rotatable bonds is 3. The first-order valence-electron chi connectivity index (χ1n) is 8.05. The van der Waals surface area contributed by atoms with E-state index in [9.17, 15) is 8.42 Å². The van der Waals surface area contributed by atoms with Crippen molar-refractivity contribution in [2.24, 2.45) is 7.05 Å². The molecule has 0 spiro atoms. The normalized spacial score (nSPS) is 24.8. The van der Waals surface area contributed by atoms with Gasteiger partial charge in [-0.3, -0.25) is 0 Å². The summed E-state index contributed by atoms with van der Waals surface area (Å²) in [5.74, 6) is 0.797. The number of aromatic nitrogens is 2. The molecule has 1 N–H and O–H groups in total. The molecule has 0 saturated carbocycles. The zero-order valence-corrected chi connectivity index (χ0v) is 15.2. The number of aryl methyl sites for hydroxylation is 1. The van der Waals surface area contributed by atoms with Crippen LogP contribution in [-0.2, 0) is 17.3 Å². The van der Waals surface area contributed by atoms with Gasteiger partial charge in [0.15, 0.2) is 0 Å². The highest BCUT2D eigenvalue weighted by Crippen LogP contribution is 2.27. The van der Waals surface area contributed by atoms with Crippen molar-refractivity contribution in [3.63, 3.8) is 0 Å². The SMILES string of the molecule is Cl.Cn1ccnc1C1CNCCN1S(=O)(=O)N1CCCCCC1. The third-order valence-corrected chi connectivity index (χ3v) is 6.59. The number of imidazole rings is 1. The molecule has 1 atom stereocenters. The van der Waals surface area contributed by atoms with E-state index in [0.717, 1.165) is 31.5 Å². The van der Waals surface area contributed by atoms with Crippen LogP contribution in [0.2, 0.25) is 0 Å². The van der Waals surface area contributed by atoms with Gasteiger partial charge in [-0.05, 0) is 12.8 Å². The van der Waals surface area contributed by atoms with Gasteiger partial charge in [-0.25, -0.2) is 4.98 Å². The van der Waals surface area contributed by atoms with E-state index in [0.29, 0.717) is 32.7 Å². The van der Waals surface area contributed by atoms with Gasteiger partial charge in [-0.1, -0.05) is 12.8 Å². The summed E-state index contributed by atoms with van der Waals surface area (Å²) in [5.41, 5.74) is 0. The van der Waals surface area contributed by atoms with E-state index in [1.807, 2.05) is 17.8 Å². The highest BCUT2D eigenvalue weighted by molar-refractivity contribution is 7.86. The highest BCUT2D eigenvalue weighted by atomic mass is 35.5. The maximum Gasteiger partial charge on any atom is 0.282 e. The van der Waals surface area contributed by atoms with Gasteiger partial charge in [0, 0.05) is 52.2 Å². The summed E-state index contributed by atoms with van der Waals surface area (Å²) >= 11 is 0. The molecule has 2 aliphatic rings. The minimum absolute atomic E-state index is 0. The standard InChI is InChI=1S/C14H25N5O2S.ClH/c1-17-10-7-16-14(17)13-12-15-6-11-19(13)22(20,21)18-8-4-2-3-5-9-18;/h7,10,13,15H,2-6,8-9,11-12H2,1H3;1H. The highest BCUT2D eigenvalue weighted by Gasteiger charge is 2.38. The molecule has 7 nitrogen and oxygen atoms in total. The predicted molar refractivity (Wildman–Crippen MR) is 91.7 cm³/mol.